The van der Waals surface area contributed by atoms with Crippen molar-refractivity contribution in [3.8, 4) is 0 Å². The lowest BCUT2D eigenvalue weighted by atomic mass is 9.63. The molecule has 1 N–H and O–H groups in total. The van der Waals surface area contributed by atoms with Crippen LogP contribution in [0.5, 0.6) is 0 Å². The number of carbonyl (C=O) groups is 1. The molecule has 1 aromatic carbocycles. The highest BCUT2D eigenvalue weighted by Gasteiger charge is 2.39. The number of amides is 1. The van der Waals surface area contributed by atoms with Crippen molar-refractivity contribution < 1.29 is 4.79 Å². The first-order valence-corrected chi connectivity index (χ1v) is 10.4. The maximum atomic E-state index is 12.6. The van der Waals surface area contributed by atoms with E-state index in [0.29, 0.717) is 11.1 Å². The number of fused-ring (bicyclic) bond motifs is 1. The van der Waals surface area contributed by atoms with E-state index in [4.69, 9.17) is 0 Å². The number of anilines is 2. The minimum absolute atomic E-state index is 0.0616. The summed E-state index contributed by atoms with van der Waals surface area (Å²) in [6.07, 6.45) is 12.6. The molecule has 1 spiro atoms. The van der Waals surface area contributed by atoms with Crippen molar-refractivity contribution in [2.45, 2.75) is 38.6 Å². The minimum Gasteiger partial charge on any atom is -0.355 e. The monoisotopic (exact) mass is 404 g/mol. The molecule has 8 nitrogen and oxygen atoms in total. The fourth-order valence-electron chi connectivity index (χ4n) is 4.51. The summed E-state index contributed by atoms with van der Waals surface area (Å²) < 4.78 is 1.43. The molecule has 2 aromatic heterocycles. The summed E-state index contributed by atoms with van der Waals surface area (Å²) in [6, 6.07) is 5.45. The summed E-state index contributed by atoms with van der Waals surface area (Å²) in [7, 11) is 0. The first-order chi connectivity index (χ1) is 14.6. The second kappa shape index (κ2) is 7.51. The smallest absolute Gasteiger partial charge is 0.269 e. The van der Waals surface area contributed by atoms with Gasteiger partial charge in [-0.1, -0.05) is 6.42 Å². The van der Waals surface area contributed by atoms with Crippen molar-refractivity contribution in [3.05, 3.63) is 53.5 Å². The zero-order valence-corrected chi connectivity index (χ0v) is 16.8. The normalized spacial score (nSPS) is 17.7. The van der Waals surface area contributed by atoms with Gasteiger partial charge in [0.2, 0.25) is 5.91 Å². The van der Waals surface area contributed by atoms with Crippen molar-refractivity contribution in [3.63, 3.8) is 0 Å². The van der Waals surface area contributed by atoms with Gasteiger partial charge in [0.05, 0.1) is 17.9 Å². The Morgan fingerprint density at radius 2 is 1.93 bits per heavy atom. The molecule has 0 unspecified atom stereocenters. The molecule has 1 aliphatic heterocycles. The number of aromatic nitrogens is 4. The van der Waals surface area contributed by atoms with Crippen LogP contribution >= 0.6 is 0 Å². The largest absolute Gasteiger partial charge is 0.355 e. The Kier molecular flexibility index (Phi) is 4.69. The lowest BCUT2D eigenvalue weighted by Gasteiger charge is -2.48. The van der Waals surface area contributed by atoms with Gasteiger partial charge in [-0.25, -0.2) is 15.0 Å². The highest BCUT2D eigenvalue weighted by molar-refractivity contribution is 5.93. The average molecular weight is 404 g/mol. The van der Waals surface area contributed by atoms with Gasteiger partial charge in [0, 0.05) is 30.4 Å². The van der Waals surface area contributed by atoms with Gasteiger partial charge in [-0.3, -0.25) is 9.59 Å². The van der Waals surface area contributed by atoms with Crippen molar-refractivity contribution in [1.82, 2.24) is 19.5 Å². The van der Waals surface area contributed by atoms with Crippen LogP contribution in [0.25, 0.3) is 10.9 Å². The number of hydrogen-bond acceptors (Lipinski definition) is 6. The van der Waals surface area contributed by atoms with Gasteiger partial charge in [0.15, 0.2) is 0 Å². The van der Waals surface area contributed by atoms with E-state index in [2.05, 4.69) is 25.2 Å². The van der Waals surface area contributed by atoms with E-state index in [0.717, 1.165) is 29.8 Å². The molecule has 1 saturated carbocycles. The van der Waals surface area contributed by atoms with E-state index >= 15 is 0 Å². The van der Waals surface area contributed by atoms with Gasteiger partial charge in [-0.2, -0.15) is 0 Å². The number of rotatable bonds is 4. The van der Waals surface area contributed by atoms with Crippen molar-refractivity contribution in [2.75, 3.05) is 23.3 Å². The predicted molar refractivity (Wildman–Crippen MR) is 114 cm³/mol. The fraction of sp³-hybridized carbons (Fsp3) is 0.409. The van der Waals surface area contributed by atoms with Crippen LogP contribution in [0.15, 0.2) is 47.9 Å². The molecule has 1 amide bonds. The van der Waals surface area contributed by atoms with E-state index in [9.17, 15) is 9.59 Å². The zero-order chi connectivity index (χ0) is 20.6. The van der Waals surface area contributed by atoms with Crippen LogP contribution in [0.4, 0.5) is 11.5 Å². The lowest BCUT2D eigenvalue weighted by molar-refractivity contribution is -0.116. The predicted octanol–water partition coefficient (Wildman–Crippen LogP) is 2.60. The highest BCUT2D eigenvalue weighted by Crippen LogP contribution is 2.49. The van der Waals surface area contributed by atoms with Gasteiger partial charge in [-0.05, 0) is 49.3 Å². The first kappa shape index (κ1) is 18.7. The van der Waals surface area contributed by atoms with Gasteiger partial charge in [-0.15, -0.1) is 0 Å². The Balaban J connectivity index is 1.27. The third kappa shape index (κ3) is 3.65. The number of nitrogens with zero attached hydrogens (tertiary/aromatic N) is 5. The van der Waals surface area contributed by atoms with Crippen LogP contribution in [0.3, 0.4) is 0 Å². The number of nitrogens with one attached hydrogen (secondary N) is 1. The molecule has 2 fully saturated rings. The molecule has 5 rings (SSSR count). The summed E-state index contributed by atoms with van der Waals surface area (Å²) in [4.78, 5) is 39.5. The van der Waals surface area contributed by atoms with Gasteiger partial charge < -0.3 is 14.8 Å². The molecular formula is C22H24N6O2. The first-order valence-electron chi connectivity index (χ1n) is 10.4. The Morgan fingerprint density at radius 1 is 1.10 bits per heavy atom. The summed E-state index contributed by atoms with van der Waals surface area (Å²) in [5.74, 6) is 0.494. The van der Waals surface area contributed by atoms with Gasteiger partial charge >= 0.3 is 0 Å². The summed E-state index contributed by atoms with van der Waals surface area (Å²) >= 11 is 0. The molecule has 2 aliphatic rings. The number of piperidine rings is 1. The van der Waals surface area contributed by atoms with Crippen LogP contribution in [0, 0.1) is 5.41 Å². The molecule has 8 heteroatoms. The third-order valence-electron chi connectivity index (χ3n) is 6.53. The Labute approximate surface area is 174 Å². The Hall–Kier alpha value is -3.29. The van der Waals surface area contributed by atoms with Crippen molar-refractivity contribution in [1.29, 1.82) is 0 Å². The molecule has 0 bridgehead atoms. The van der Waals surface area contributed by atoms with Crippen molar-refractivity contribution >= 4 is 28.3 Å². The maximum absolute atomic E-state index is 12.6. The highest BCUT2D eigenvalue weighted by atomic mass is 16.2. The van der Waals surface area contributed by atoms with E-state index < -0.39 is 0 Å². The second-order valence-corrected chi connectivity index (χ2v) is 8.40. The van der Waals surface area contributed by atoms with E-state index in [1.165, 1.54) is 49.2 Å². The molecule has 1 aliphatic carbocycles. The summed E-state index contributed by atoms with van der Waals surface area (Å²) in [5, 5.41) is 3.74. The van der Waals surface area contributed by atoms with Crippen LogP contribution in [0.2, 0.25) is 0 Å². The van der Waals surface area contributed by atoms with E-state index in [1.54, 1.807) is 24.5 Å². The quantitative estimate of drug-likeness (QED) is 0.719. The molecule has 30 heavy (non-hydrogen) atoms. The topological polar surface area (TPSA) is 93.0 Å². The van der Waals surface area contributed by atoms with E-state index in [1.807, 2.05) is 6.07 Å². The van der Waals surface area contributed by atoms with Crippen LogP contribution in [-0.4, -0.2) is 38.5 Å². The molecule has 3 heterocycles. The SMILES string of the molecule is O=C(Cn1cc(N2CCC3(CCC3)CC2)ncc1=O)Nc1ccc2cncnc2c1. The average Bonchev–Trinajstić information content (AvgIpc) is 2.74. The second-order valence-electron chi connectivity index (χ2n) is 8.40. The van der Waals surface area contributed by atoms with Gasteiger partial charge in [0.25, 0.3) is 5.56 Å². The van der Waals surface area contributed by atoms with E-state index in [-0.39, 0.29) is 18.0 Å². The van der Waals surface area contributed by atoms with Crippen molar-refractivity contribution in [2.24, 2.45) is 5.41 Å². The number of hydrogen-bond donors (Lipinski definition) is 1. The maximum Gasteiger partial charge on any atom is 0.269 e. The molecule has 154 valence electrons. The molecule has 3 aromatic rings. The minimum atomic E-state index is -0.285. The zero-order valence-electron chi connectivity index (χ0n) is 16.8. The third-order valence-corrected chi connectivity index (χ3v) is 6.53. The summed E-state index contributed by atoms with van der Waals surface area (Å²) in [5.41, 5.74) is 1.65. The van der Waals surface area contributed by atoms with Crippen LogP contribution < -0.4 is 15.8 Å². The standard InChI is InChI=1S/C22H24N6O2/c29-20(26-17-3-2-16-11-23-15-25-18(16)10-17)14-28-13-19(24-12-21(28)30)27-8-6-22(7-9-27)4-1-5-22/h2-3,10-13,15H,1,4-9,14H2,(H,26,29). The number of benzene rings is 1. The fourth-order valence-corrected chi connectivity index (χ4v) is 4.51. The van der Waals surface area contributed by atoms with Gasteiger partial charge in [0.1, 0.15) is 18.7 Å². The van der Waals surface area contributed by atoms with Crippen LogP contribution in [0.1, 0.15) is 32.1 Å². The van der Waals surface area contributed by atoms with Crippen LogP contribution in [-0.2, 0) is 11.3 Å². The molecule has 1 saturated heterocycles. The molecule has 0 radical (unpaired) electrons. The lowest BCUT2D eigenvalue weighted by Crippen LogP contribution is -2.44. The molecular weight excluding hydrogens is 380 g/mol. The Morgan fingerprint density at radius 3 is 2.70 bits per heavy atom. The number of carbonyl (C=O) groups excluding carboxylic acids is 1. The molecule has 0 atom stereocenters. The Bertz CT molecular complexity index is 1140. The summed E-state index contributed by atoms with van der Waals surface area (Å²) in [6.45, 7) is 1.85.